The van der Waals surface area contributed by atoms with E-state index in [1.165, 1.54) is 5.56 Å². The molecule has 1 aliphatic rings. The first-order valence-electron chi connectivity index (χ1n) is 11.1. The summed E-state index contributed by atoms with van der Waals surface area (Å²) in [6, 6.07) is 25.3. The molecular formula is C27H27N3O3. The van der Waals surface area contributed by atoms with Gasteiger partial charge in [-0.2, -0.15) is 5.10 Å². The molecule has 33 heavy (non-hydrogen) atoms. The van der Waals surface area contributed by atoms with Crippen molar-refractivity contribution in [1.82, 2.24) is 5.43 Å². The predicted octanol–water partition coefficient (Wildman–Crippen LogP) is 4.33. The monoisotopic (exact) mass is 441 g/mol. The Labute approximate surface area is 193 Å². The van der Waals surface area contributed by atoms with Crippen LogP contribution in [0.5, 0.6) is 5.75 Å². The highest BCUT2D eigenvalue weighted by molar-refractivity contribution is 6.00. The molecular weight excluding hydrogens is 414 g/mol. The number of rotatable bonds is 8. The molecule has 0 bridgehead atoms. The summed E-state index contributed by atoms with van der Waals surface area (Å²) < 4.78 is 5.78. The molecule has 1 atom stereocenters. The number of ether oxygens (including phenoxy) is 1. The molecule has 4 rings (SSSR count). The molecule has 1 heterocycles. The zero-order valence-corrected chi connectivity index (χ0v) is 18.6. The maximum absolute atomic E-state index is 12.5. The van der Waals surface area contributed by atoms with Crippen LogP contribution < -0.4 is 15.1 Å². The molecule has 0 aliphatic carbocycles. The lowest BCUT2D eigenvalue weighted by Gasteiger charge is -2.16. The quantitative estimate of drug-likeness (QED) is 0.418. The molecule has 3 aromatic rings. The van der Waals surface area contributed by atoms with Crippen LogP contribution in [0.3, 0.4) is 0 Å². The fourth-order valence-corrected chi connectivity index (χ4v) is 3.70. The number of amides is 2. The molecule has 0 unspecified atom stereocenters. The number of hydrazone groups is 1. The molecule has 1 aliphatic heterocycles. The van der Waals surface area contributed by atoms with E-state index in [1.54, 1.807) is 11.1 Å². The van der Waals surface area contributed by atoms with Crippen LogP contribution in [0.1, 0.15) is 30.0 Å². The summed E-state index contributed by atoms with van der Waals surface area (Å²) in [6.45, 7) is 2.95. The van der Waals surface area contributed by atoms with Gasteiger partial charge in [-0.15, -0.1) is 0 Å². The molecule has 2 amide bonds. The van der Waals surface area contributed by atoms with Gasteiger partial charge in [-0.1, -0.05) is 49.4 Å². The Kier molecular flexibility index (Phi) is 7.15. The van der Waals surface area contributed by atoms with E-state index in [4.69, 9.17) is 4.74 Å². The molecule has 1 N–H and O–H groups in total. The Morgan fingerprint density at radius 1 is 1.03 bits per heavy atom. The highest BCUT2D eigenvalue weighted by Gasteiger charge is 2.35. The summed E-state index contributed by atoms with van der Waals surface area (Å²) in [5.41, 5.74) is 6.54. The first kappa shape index (κ1) is 22.3. The van der Waals surface area contributed by atoms with Crippen LogP contribution in [0.15, 0.2) is 84.0 Å². The zero-order valence-electron chi connectivity index (χ0n) is 18.6. The number of carbonyl (C=O) groups is 2. The van der Waals surface area contributed by atoms with Gasteiger partial charge in [0.25, 0.3) is 0 Å². The summed E-state index contributed by atoms with van der Waals surface area (Å²) in [7, 11) is 0. The second kappa shape index (κ2) is 10.6. The number of hydrogen-bond donors (Lipinski definition) is 1. The number of hydrogen-bond acceptors (Lipinski definition) is 4. The Bertz CT molecular complexity index is 1110. The van der Waals surface area contributed by atoms with Crippen LogP contribution in [-0.4, -0.2) is 24.6 Å². The van der Waals surface area contributed by atoms with Crippen molar-refractivity contribution < 1.29 is 14.3 Å². The van der Waals surface area contributed by atoms with Crippen molar-refractivity contribution in [3.05, 3.63) is 95.6 Å². The summed E-state index contributed by atoms with van der Waals surface area (Å²) >= 11 is 0. The third-order valence-corrected chi connectivity index (χ3v) is 5.67. The Balaban J connectivity index is 1.26. The van der Waals surface area contributed by atoms with Crippen LogP contribution in [0.2, 0.25) is 0 Å². The minimum atomic E-state index is -0.422. The van der Waals surface area contributed by atoms with Crippen LogP contribution in [-0.2, 0) is 22.6 Å². The second-order valence-corrected chi connectivity index (χ2v) is 8.00. The molecule has 6 heteroatoms. The van der Waals surface area contributed by atoms with E-state index >= 15 is 0 Å². The van der Waals surface area contributed by atoms with Crippen LogP contribution >= 0.6 is 0 Å². The van der Waals surface area contributed by atoms with E-state index in [0.717, 1.165) is 29.0 Å². The average molecular weight is 442 g/mol. The molecule has 0 saturated carbocycles. The highest BCUT2D eigenvalue weighted by Crippen LogP contribution is 2.25. The van der Waals surface area contributed by atoms with Gasteiger partial charge in [0.15, 0.2) is 0 Å². The van der Waals surface area contributed by atoms with E-state index in [-0.39, 0.29) is 18.2 Å². The van der Waals surface area contributed by atoms with E-state index in [9.17, 15) is 9.59 Å². The zero-order chi connectivity index (χ0) is 23.0. The highest BCUT2D eigenvalue weighted by atomic mass is 16.5. The van der Waals surface area contributed by atoms with Crippen molar-refractivity contribution in [2.45, 2.75) is 26.4 Å². The molecule has 0 radical (unpaired) electrons. The van der Waals surface area contributed by atoms with Crippen molar-refractivity contribution in [3.8, 4) is 5.75 Å². The third-order valence-electron chi connectivity index (χ3n) is 5.67. The largest absolute Gasteiger partial charge is 0.489 e. The first-order chi connectivity index (χ1) is 16.1. The summed E-state index contributed by atoms with van der Waals surface area (Å²) in [5, 5.41) is 4.06. The van der Waals surface area contributed by atoms with E-state index < -0.39 is 5.92 Å². The average Bonchev–Trinajstić information content (AvgIpc) is 3.26. The van der Waals surface area contributed by atoms with Gasteiger partial charge in [-0.05, 0) is 59.5 Å². The molecule has 0 spiro atoms. The van der Waals surface area contributed by atoms with Gasteiger partial charge >= 0.3 is 0 Å². The van der Waals surface area contributed by atoms with Crippen molar-refractivity contribution in [2.75, 3.05) is 11.4 Å². The Morgan fingerprint density at radius 3 is 2.45 bits per heavy atom. The molecule has 1 fully saturated rings. The van der Waals surface area contributed by atoms with Gasteiger partial charge in [0.2, 0.25) is 11.8 Å². The fraction of sp³-hybridized carbons (Fsp3) is 0.222. The van der Waals surface area contributed by atoms with Crippen LogP contribution in [0, 0.1) is 5.92 Å². The van der Waals surface area contributed by atoms with E-state index in [0.29, 0.717) is 13.2 Å². The number of nitrogens with one attached hydrogen (secondary N) is 1. The van der Waals surface area contributed by atoms with Crippen LogP contribution in [0.4, 0.5) is 5.69 Å². The number of carbonyl (C=O) groups excluding carboxylic acids is 2. The first-order valence-corrected chi connectivity index (χ1v) is 11.1. The van der Waals surface area contributed by atoms with Crippen LogP contribution in [0.25, 0.3) is 0 Å². The Hall–Kier alpha value is -3.93. The topological polar surface area (TPSA) is 71.0 Å². The van der Waals surface area contributed by atoms with Crippen molar-refractivity contribution in [3.63, 3.8) is 0 Å². The lowest BCUT2D eigenvalue weighted by molar-refractivity contribution is -0.126. The minimum absolute atomic E-state index is 0.0468. The summed E-state index contributed by atoms with van der Waals surface area (Å²) in [6.07, 6.45) is 2.71. The van der Waals surface area contributed by atoms with Gasteiger partial charge in [-0.25, -0.2) is 5.43 Å². The molecule has 1 saturated heterocycles. The molecule has 0 aromatic heterocycles. The number of anilines is 1. The number of benzene rings is 3. The maximum Gasteiger partial charge on any atom is 0.245 e. The predicted molar refractivity (Wildman–Crippen MR) is 129 cm³/mol. The van der Waals surface area contributed by atoms with Gasteiger partial charge in [-0.3, -0.25) is 9.59 Å². The van der Waals surface area contributed by atoms with E-state index in [1.807, 2.05) is 78.9 Å². The standard InChI is InChI=1S/C27H27N3O3/c1-2-20-8-12-24(13-9-20)30-18-23(16-26(30)31)27(32)29-28-17-21-10-14-25(15-11-21)33-19-22-6-4-3-5-7-22/h3-15,17,23H,2,16,18-19H2,1H3,(H,29,32)/b28-17+/t23-/m1/s1. The SMILES string of the molecule is CCc1ccc(N2C[C@H](C(=O)N/N=C/c3ccc(OCc4ccccc4)cc3)CC2=O)cc1. The lowest BCUT2D eigenvalue weighted by Crippen LogP contribution is -2.30. The summed E-state index contributed by atoms with van der Waals surface area (Å²) in [5.74, 6) is 0.0374. The van der Waals surface area contributed by atoms with Crippen molar-refractivity contribution in [2.24, 2.45) is 11.0 Å². The smallest absolute Gasteiger partial charge is 0.245 e. The Morgan fingerprint density at radius 2 is 1.76 bits per heavy atom. The van der Waals surface area contributed by atoms with Gasteiger partial charge < -0.3 is 9.64 Å². The van der Waals surface area contributed by atoms with Crippen molar-refractivity contribution >= 4 is 23.7 Å². The minimum Gasteiger partial charge on any atom is -0.489 e. The normalized spacial score (nSPS) is 15.7. The number of aryl methyl sites for hydroxylation is 1. The van der Waals surface area contributed by atoms with Crippen molar-refractivity contribution in [1.29, 1.82) is 0 Å². The van der Waals surface area contributed by atoms with E-state index in [2.05, 4.69) is 17.5 Å². The fourth-order valence-electron chi connectivity index (χ4n) is 3.70. The van der Waals surface area contributed by atoms with Gasteiger partial charge in [0.05, 0.1) is 12.1 Å². The third kappa shape index (κ3) is 5.86. The maximum atomic E-state index is 12.5. The lowest BCUT2D eigenvalue weighted by atomic mass is 10.1. The number of nitrogens with zero attached hydrogens (tertiary/aromatic N) is 2. The molecule has 6 nitrogen and oxygen atoms in total. The van der Waals surface area contributed by atoms with Gasteiger partial charge in [0, 0.05) is 18.7 Å². The summed E-state index contributed by atoms with van der Waals surface area (Å²) in [4.78, 5) is 26.6. The van der Waals surface area contributed by atoms with Gasteiger partial charge in [0.1, 0.15) is 12.4 Å². The second-order valence-electron chi connectivity index (χ2n) is 8.00. The molecule has 168 valence electrons. The molecule has 3 aromatic carbocycles.